The topological polar surface area (TPSA) is 37.4 Å². The van der Waals surface area contributed by atoms with Crippen molar-refractivity contribution in [3.05, 3.63) is 35.9 Å². The Morgan fingerprint density at radius 3 is 2.35 bits per heavy atom. The number of nitrogens with zero attached hydrogens (tertiary/aromatic N) is 1. The van der Waals surface area contributed by atoms with E-state index in [2.05, 4.69) is 0 Å². The highest BCUT2D eigenvalue weighted by Gasteiger charge is 2.30. The molecular formula is C15H17Cl2NO2. The van der Waals surface area contributed by atoms with Gasteiger partial charge >= 0.3 is 0 Å². The van der Waals surface area contributed by atoms with Crippen molar-refractivity contribution in [1.82, 2.24) is 4.90 Å². The molecule has 1 aromatic rings. The third kappa shape index (κ3) is 3.97. The predicted molar refractivity (Wildman–Crippen MR) is 79.7 cm³/mol. The number of carbonyl (C=O) groups is 2. The van der Waals surface area contributed by atoms with Crippen LogP contribution >= 0.6 is 23.2 Å². The molecule has 1 aromatic carbocycles. The zero-order valence-electron chi connectivity index (χ0n) is 11.1. The lowest BCUT2D eigenvalue weighted by molar-refractivity contribution is -0.135. The summed E-state index contributed by atoms with van der Waals surface area (Å²) in [6, 6.07) is 9.77. The lowest BCUT2D eigenvalue weighted by Crippen LogP contribution is -2.44. The van der Waals surface area contributed by atoms with Gasteiger partial charge in [-0.3, -0.25) is 9.59 Å². The molecule has 5 heteroatoms. The van der Waals surface area contributed by atoms with Gasteiger partial charge in [0.1, 0.15) is 5.78 Å². The number of Topliss-reactive ketones (excluding diaryl/α,β-unsaturated/α-hetero) is 1. The van der Waals surface area contributed by atoms with Gasteiger partial charge in [0, 0.05) is 25.4 Å². The third-order valence-electron chi connectivity index (χ3n) is 3.62. The summed E-state index contributed by atoms with van der Waals surface area (Å²) >= 11 is 11.5. The second kappa shape index (κ2) is 7.09. The summed E-state index contributed by atoms with van der Waals surface area (Å²) in [5.74, 6) is -0.0156. The molecule has 0 N–H and O–H groups in total. The highest BCUT2D eigenvalue weighted by atomic mass is 35.5. The van der Waals surface area contributed by atoms with Crippen molar-refractivity contribution in [2.45, 2.75) is 43.1 Å². The molecule has 1 aliphatic carbocycles. The lowest BCUT2D eigenvalue weighted by Gasteiger charge is -2.34. The Kier molecular flexibility index (Phi) is 5.44. The summed E-state index contributed by atoms with van der Waals surface area (Å²) in [5.41, 5.74) is 1.03. The van der Waals surface area contributed by atoms with E-state index in [1.165, 1.54) is 0 Å². The molecule has 0 atom stereocenters. The van der Waals surface area contributed by atoms with Gasteiger partial charge in [-0.25, -0.2) is 0 Å². The number of halogens is 2. The van der Waals surface area contributed by atoms with Crippen molar-refractivity contribution < 1.29 is 9.59 Å². The van der Waals surface area contributed by atoms with Gasteiger partial charge in [0.15, 0.2) is 4.84 Å². The second-order valence-corrected chi connectivity index (χ2v) is 6.12. The first-order chi connectivity index (χ1) is 9.58. The van der Waals surface area contributed by atoms with Crippen LogP contribution in [0.15, 0.2) is 30.3 Å². The number of benzene rings is 1. The van der Waals surface area contributed by atoms with Crippen LogP contribution in [0.1, 0.15) is 31.2 Å². The third-order valence-corrected chi connectivity index (χ3v) is 3.99. The Balaban J connectivity index is 2.12. The van der Waals surface area contributed by atoms with Crippen molar-refractivity contribution in [2.75, 3.05) is 0 Å². The van der Waals surface area contributed by atoms with Crippen LogP contribution in [-0.4, -0.2) is 27.5 Å². The van der Waals surface area contributed by atoms with Gasteiger partial charge in [0.25, 0.3) is 5.91 Å². The van der Waals surface area contributed by atoms with Crippen LogP contribution in [-0.2, 0) is 16.1 Å². The fourth-order valence-electron chi connectivity index (χ4n) is 2.53. The molecule has 1 saturated carbocycles. The van der Waals surface area contributed by atoms with Crippen molar-refractivity contribution in [1.29, 1.82) is 0 Å². The molecule has 3 nitrogen and oxygen atoms in total. The molecule has 0 radical (unpaired) electrons. The van der Waals surface area contributed by atoms with E-state index in [1.54, 1.807) is 4.90 Å². The molecule has 0 saturated heterocycles. The fraction of sp³-hybridized carbons (Fsp3) is 0.467. The summed E-state index contributed by atoms with van der Waals surface area (Å²) < 4.78 is 0. The summed E-state index contributed by atoms with van der Waals surface area (Å²) in [6.07, 6.45) is 2.44. The Bertz CT molecular complexity index is 466. The molecule has 1 fully saturated rings. The molecule has 20 heavy (non-hydrogen) atoms. The summed E-state index contributed by atoms with van der Waals surface area (Å²) in [4.78, 5) is 24.2. The van der Waals surface area contributed by atoms with Crippen molar-refractivity contribution in [2.24, 2.45) is 0 Å². The van der Waals surface area contributed by atoms with Crippen LogP contribution in [0.5, 0.6) is 0 Å². The van der Waals surface area contributed by atoms with Crippen molar-refractivity contribution >= 4 is 34.9 Å². The van der Waals surface area contributed by atoms with E-state index in [0.29, 0.717) is 32.2 Å². The zero-order valence-corrected chi connectivity index (χ0v) is 12.6. The maximum Gasteiger partial charge on any atom is 0.256 e. The Morgan fingerprint density at radius 1 is 1.20 bits per heavy atom. The van der Waals surface area contributed by atoms with E-state index < -0.39 is 4.84 Å². The highest BCUT2D eigenvalue weighted by Crippen LogP contribution is 2.24. The Hall–Kier alpha value is -1.06. The molecule has 0 heterocycles. The standard InChI is InChI=1S/C15H17Cl2NO2/c16-14(17)15(20)18(10-11-4-2-1-3-5-11)12-6-8-13(19)9-7-12/h1-5,12,14H,6-10H2. The maximum atomic E-state index is 12.2. The monoisotopic (exact) mass is 313 g/mol. The van der Waals surface area contributed by atoms with Gasteiger partial charge in [-0.2, -0.15) is 0 Å². The van der Waals surface area contributed by atoms with E-state index in [-0.39, 0.29) is 17.7 Å². The molecule has 1 aliphatic rings. The number of hydrogen-bond donors (Lipinski definition) is 0. The summed E-state index contributed by atoms with van der Waals surface area (Å²) in [7, 11) is 0. The Morgan fingerprint density at radius 2 is 1.80 bits per heavy atom. The fourth-order valence-corrected chi connectivity index (χ4v) is 2.78. The van der Waals surface area contributed by atoms with Gasteiger partial charge in [0.2, 0.25) is 0 Å². The molecule has 1 amide bonds. The molecule has 0 spiro atoms. The van der Waals surface area contributed by atoms with Gasteiger partial charge in [-0.15, -0.1) is 0 Å². The largest absolute Gasteiger partial charge is 0.333 e. The van der Waals surface area contributed by atoms with Gasteiger partial charge in [-0.1, -0.05) is 53.5 Å². The van der Waals surface area contributed by atoms with E-state index >= 15 is 0 Å². The number of hydrogen-bond acceptors (Lipinski definition) is 2. The molecule has 0 aliphatic heterocycles. The minimum absolute atomic E-state index is 0.0420. The van der Waals surface area contributed by atoms with Crippen LogP contribution in [0.2, 0.25) is 0 Å². The number of carbonyl (C=O) groups excluding carboxylic acids is 2. The van der Waals surface area contributed by atoms with E-state index in [9.17, 15) is 9.59 Å². The molecule has 0 aromatic heterocycles. The van der Waals surface area contributed by atoms with Crippen LogP contribution < -0.4 is 0 Å². The number of ketones is 1. The second-order valence-electron chi connectivity index (χ2n) is 5.02. The molecule has 2 rings (SSSR count). The number of amides is 1. The minimum Gasteiger partial charge on any atom is -0.333 e. The smallest absolute Gasteiger partial charge is 0.256 e. The van der Waals surface area contributed by atoms with Crippen LogP contribution in [0.25, 0.3) is 0 Å². The molecule has 0 bridgehead atoms. The number of rotatable bonds is 4. The van der Waals surface area contributed by atoms with Gasteiger partial charge < -0.3 is 4.90 Å². The predicted octanol–water partition coefficient (Wildman–Crippen LogP) is 3.33. The number of alkyl halides is 2. The lowest BCUT2D eigenvalue weighted by atomic mass is 9.92. The van der Waals surface area contributed by atoms with Crippen LogP contribution in [0, 0.1) is 0 Å². The average Bonchev–Trinajstić information content (AvgIpc) is 2.46. The minimum atomic E-state index is -1.06. The zero-order chi connectivity index (χ0) is 14.5. The molecule has 0 unspecified atom stereocenters. The highest BCUT2D eigenvalue weighted by molar-refractivity contribution is 6.53. The summed E-state index contributed by atoms with van der Waals surface area (Å²) in [6.45, 7) is 0.481. The maximum absolute atomic E-state index is 12.2. The van der Waals surface area contributed by atoms with Gasteiger partial charge in [0.05, 0.1) is 0 Å². The Labute approximate surface area is 128 Å². The normalized spacial score (nSPS) is 16.4. The molecule has 108 valence electrons. The summed E-state index contributed by atoms with van der Waals surface area (Å²) in [5, 5.41) is 0. The van der Waals surface area contributed by atoms with E-state index in [1.807, 2.05) is 30.3 Å². The first-order valence-electron chi connectivity index (χ1n) is 6.72. The van der Waals surface area contributed by atoms with Crippen LogP contribution in [0.3, 0.4) is 0 Å². The first-order valence-corrected chi connectivity index (χ1v) is 7.59. The molecular weight excluding hydrogens is 297 g/mol. The first kappa shape index (κ1) is 15.3. The SMILES string of the molecule is O=C1CCC(N(Cc2ccccc2)C(=O)C(Cl)Cl)CC1. The van der Waals surface area contributed by atoms with Crippen molar-refractivity contribution in [3.63, 3.8) is 0 Å². The van der Waals surface area contributed by atoms with Crippen LogP contribution in [0.4, 0.5) is 0 Å². The van der Waals surface area contributed by atoms with Gasteiger partial charge in [-0.05, 0) is 18.4 Å². The quantitative estimate of drug-likeness (QED) is 0.800. The van der Waals surface area contributed by atoms with E-state index in [4.69, 9.17) is 23.2 Å². The average molecular weight is 314 g/mol. The van der Waals surface area contributed by atoms with E-state index in [0.717, 1.165) is 5.56 Å². The van der Waals surface area contributed by atoms with Crippen molar-refractivity contribution in [3.8, 4) is 0 Å².